The normalized spacial score (nSPS) is 12.4. The molecule has 0 bridgehead atoms. The maximum Gasteiger partial charge on any atom is 0.248 e. The summed E-state index contributed by atoms with van der Waals surface area (Å²) in [5.41, 5.74) is 5.56. The Morgan fingerprint density at radius 3 is 2.83 bits per heavy atom. The minimum absolute atomic E-state index is 0.169. The summed E-state index contributed by atoms with van der Waals surface area (Å²) in [6.07, 6.45) is -0.593. The van der Waals surface area contributed by atoms with Gasteiger partial charge in [0.25, 0.3) is 0 Å². The van der Waals surface area contributed by atoms with Crippen LogP contribution in [0.2, 0.25) is 0 Å². The molecular weight excluding hydrogens is 232 g/mol. The molecule has 5 nitrogen and oxygen atoms in total. The van der Waals surface area contributed by atoms with Crippen molar-refractivity contribution >= 4 is 5.91 Å². The van der Waals surface area contributed by atoms with Gasteiger partial charge in [0.05, 0.1) is 0 Å². The number of benzene rings is 1. The van der Waals surface area contributed by atoms with E-state index in [0.717, 1.165) is 0 Å². The number of aliphatic hydroxyl groups excluding tert-OH is 1. The van der Waals surface area contributed by atoms with Gasteiger partial charge < -0.3 is 20.9 Å². The summed E-state index contributed by atoms with van der Waals surface area (Å²) in [5, 5.41) is 12.8. The minimum Gasteiger partial charge on any atom is -0.491 e. The molecule has 0 heterocycles. The number of aliphatic hydroxyl groups is 1. The SMILES string of the molecule is CC(C)NCC(O)COc1cccc(C(N)=O)c1. The van der Waals surface area contributed by atoms with Crippen LogP contribution in [0, 0.1) is 0 Å². The maximum absolute atomic E-state index is 11.0. The Hall–Kier alpha value is -1.59. The highest BCUT2D eigenvalue weighted by molar-refractivity contribution is 5.93. The van der Waals surface area contributed by atoms with E-state index in [1.165, 1.54) is 0 Å². The highest BCUT2D eigenvalue weighted by Gasteiger charge is 2.07. The van der Waals surface area contributed by atoms with Crippen LogP contribution in [-0.2, 0) is 0 Å². The van der Waals surface area contributed by atoms with Crippen molar-refractivity contribution in [3.8, 4) is 5.75 Å². The molecule has 0 fully saturated rings. The summed E-state index contributed by atoms with van der Waals surface area (Å²) in [6, 6.07) is 6.90. The van der Waals surface area contributed by atoms with E-state index in [1.807, 2.05) is 13.8 Å². The van der Waals surface area contributed by atoms with Crippen LogP contribution in [0.25, 0.3) is 0 Å². The number of amides is 1. The van der Waals surface area contributed by atoms with Gasteiger partial charge in [-0.05, 0) is 18.2 Å². The van der Waals surface area contributed by atoms with Gasteiger partial charge in [-0.3, -0.25) is 4.79 Å². The predicted molar refractivity (Wildman–Crippen MR) is 69.6 cm³/mol. The third-order valence-corrected chi connectivity index (χ3v) is 2.32. The monoisotopic (exact) mass is 252 g/mol. The molecule has 18 heavy (non-hydrogen) atoms. The van der Waals surface area contributed by atoms with Crippen molar-refractivity contribution in [1.29, 1.82) is 0 Å². The molecule has 0 aromatic heterocycles. The zero-order chi connectivity index (χ0) is 13.5. The molecule has 0 radical (unpaired) electrons. The number of hydrogen-bond donors (Lipinski definition) is 3. The Morgan fingerprint density at radius 1 is 1.50 bits per heavy atom. The number of carbonyl (C=O) groups is 1. The predicted octanol–water partition coefficient (Wildman–Crippen LogP) is 0.523. The topological polar surface area (TPSA) is 84.6 Å². The van der Waals surface area contributed by atoms with Crippen molar-refractivity contribution in [3.63, 3.8) is 0 Å². The number of rotatable bonds is 7. The van der Waals surface area contributed by atoms with Gasteiger partial charge >= 0.3 is 0 Å². The summed E-state index contributed by atoms with van der Waals surface area (Å²) in [5.74, 6) is 0.0253. The van der Waals surface area contributed by atoms with Crippen LogP contribution in [-0.4, -0.2) is 36.3 Å². The third-order valence-electron chi connectivity index (χ3n) is 2.32. The van der Waals surface area contributed by atoms with Gasteiger partial charge in [0.15, 0.2) is 0 Å². The molecule has 0 spiro atoms. The number of hydrogen-bond acceptors (Lipinski definition) is 4. The first-order valence-corrected chi connectivity index (χ1v) is 5.93. The molecule has 0 aliphatic carbocycles. The molecule has 4 N–H and O–H groups in total. The summed E-state index contributed by atoms with van der Waals surface area (Å²) in [4.78, 5) is 11.0. The fourth-order valence-electron chi connectivity index (χ4n) is 1.36. The smallest absolute Gasteiger partial charge is 0.248 e. The summed E-state index contributed by atoms with van der Waals surface area (Å²) >= 11 is 0. The van der Waals surface area contributed by atoms with E-state index in [2.05, 4.69) is 5.32 Å². The first-order chi connectivity index (χ1) is 8.49. The molecule has 5 heteroatoms. The lowest BCUT2D eigenvalue weighted by atomic mass is 10.2. The van der Waals surface area contributed by atoms with E-state index in [9.17, 15) is 9.90 Å². The standard InChI is InChI=1S/C13H20N2O3/c1-9(2)15-7-11(16)8-18-12-5-3-4-10(6-12)13(14)17/h3-6,9,11,15-16H,7-8H2,1-2H3,(H2,14,17). The lowest BCUT2D eigenvalue weighted by molar-refractivity contribution is 0.0996. The molecule has 0 aliphatic heterocycles. The molecular formula is C13H20N2O3. The number of ether oxygens (including phenoxy) is 1. The molecule has 0 aliphatic rings. The third kappa shape index (κ3) is 5.16. The molecule has 0 saturated carbocycles. The van der Waals surface area contributed by atoms with Crippen LogP contribution in [0.3, 0.4) is 0 Å². The lowest BCUT2D eigenvalue weighted by Crippen LogP contribution is -2.35. The molecule has 1 atom stereocenters. The minimum atomic E-state index is -0.593. The van der Waals surface area contributed by atoms with Crippen molar-refractivity contribution in [2.45, 2.75) is 26.0 Å². The van der Waals surface area contributed by atoms with E-state index in [1.54, 1.807) is 24.3 Å². The molecule has 0 saturated heterocycles. The summed E-state index contributed by atoms with van der Waals surface area (Å²) in [7, 11) is 0. The van der Waals surface area contributed by atoms with E-state index >= 15 is 0 Å². The zero-order valence-electron chi connectivity index (χ0n) is 10.7. The average molecular weight is 252 g/mol. The van der Waals surface area contributed by atoms with E-state index in [4.69, 9.17) is 10.5 Å². The average Bonchev–Trinajstić information content (AvgIpc) is 2.34. The number of carbonyl (C=O) groups excluding carboxylic acids is 1. The van der Waals surface area contributed by atoms with Crippen LogP contribution in [0.4, 0.5) is 0 Å². The van der Waals surface area contributed by atoms with Gasteiger partial charge in [0, 0.05) is 18.2 Å². The van der Waals surface area contributed by atoms with Crippen molar-refractivity contribution < 1.29 is 14.6 Å². The van der Waals surface area contributed by atoms with Gasteiger partial charge in [-0.1, -0.05) is 19.9 Å². The Morgan fingerprint density at radius 2 is 2.22 bits per heavy atom. The largest absolute Gasteiger partial charge is 0.491 e. The molecule has 1 aromatic carbocycles. The fraction of sp³-hybridized carbons (Fsp3) is 0.462. The highest BCUT2D eigenvalue weighted by atomic mass is 16.5. The first-order valence-electron chi connectivity index (χ1n) is 5.93. The van der Waals surface area contributed by atoms with Crippen molar-refractivity contribution in [2.75, 3.05) is 13.2 Å². The van der Waals surface area contributed by atoms with Crippen LogP contribution < -0.4 is 15.8 Å². The molecule has 1 rings (SSSR count). The lowest BCUT2D eigenvalue weighted by Gasteiger charge is -2.15. The highest BCUT2D eigenvalue weighted by Crippen LogP contribution is 2.13. The van der Waals surface area contributed by atoms with Crippen LogP contribution in [0.1, 0.15) is 24.2 Å². The zero-order valence-corrected chi connectivity index (χ0v) is 10.7. The van der Waals surface area contributed by atoms with Crippen molar-refractivity contribution in [2.24, 2.45) is 5.73 Å². The Kier molecular flexibility index (Phi) is 5.61. The molecule has 100 valence electrons. The van der Waals surface area contributed by atoms with Crippen LogP contribution in [0.15, 0.2) is 24.3 Å². The Bertz CT molecular complexity index is 394. The summed E-state index contributed by atoms with van der Waals surface area (Å²) < 4.78 is 5.39. The van der Waals surface area contributed by atoms with Gasteiger partial charge in [-0.25, -0.2) is 0 Å². The van der Waals surface area contributed by atoms with Crippen LogP contribution in [0.5, 0.6) is 5.75 Å². The number of nitrogens with one attached hydrogen (secondary N) is 1. The molecule has 1 amide bonds. The maximum atomic E-state index is 11.0. The second kappa shape index (κ2) is 6.98. The number of primary amides is 1. The van der Waals surface area contributed by atoms with Gasteiger partial charge in [-0.15, -0.1) is 0 Å². The second-order valence-electron chi connectivity index (χ2n) is 4.42. The Balaban J connectivity index is 2.43. The molecule has 1 aromatic rings. The van der Waals surface area contributed by atoms with Gasteiger partial charge in [0.2, 0.25) is 5.91 Å². The van der Waals surface area contributed by atoms with E-state index in [0.29, 0.717) is 23.9 Å². The van der Waals surface area contributed by atoms with E-state index < -0.39 is 12.0 Å². The quantitative estimate of drug-likeness (QED) is 0.660. The number of nitrogens with two attached hydrogens (primary N) is 1. The van der Waals surface area contributed by atoms with Gasteiger partial charge in [0.1, 0.15) is 18.5 Å². The second-order valence-corrected chi connectivity index (χ2v) is 4.42. The fourth-order valence-corrected chi connectivity index (χ4v) is 1.36. The first kappa shape index (κ1) is 14.5. The van der Waals surface area contributed by atoms with Crippen molar-refractivity contribution in [1.82, 2.24) is 5.32 Å². The Labute approximate surface area is 107 Å². The van der Waals surface area contributed by atoms with Crippen LogP contribution >= 0.6 is 0 Å². The van der Waals surface area contributed by atoms with E-state index in [-0.39, 0.29) is 6.61 Å². The van der Waals surface area contributed by atoms with Gasteiger partial charge in [-0.2, -0.15) is 0 Å². The summed E-state index contributed by atoms with van der Waals surface area (Å²) in [6.45, 7) is 4.64. The van der Waals surface area contributed by atoms with Crippen molar-refractivity contribution in [3.05, 3.63) is 29.8 Å². The molecule has 1 unspecified atom stereocenters.